The minimum atomic E-state index is -4.84. The molecule has 2 unspecified atom stereocenters. The number of hydrogen-bond donors (Lipinski definition) is 1. The molecule has 0 aliphatic heterocycles. The molecule has 0 rings (SSSR count). The van der Waals surface area contributed by atoms with E-state index in [2.05, 4.69) is 13.7 Å². The largest absolute Gasteiger partial charge is 0.421 e. The molecular weight excluding hydrogens is 300 g/mol. The van der Waals surface area contributed by atoms with Crippen LogP contribution in [-0.4, -0.2) is 48.3 Å². The van der Waals surface area contributed by atoms with Crippen LogP contribution in [0.3, 0.4) is 0 Å². The molecule has 0 aromatic carbocycles. The summed E-state index contributed by atoms with van der Waals surface area (Å²) in [4.78, 5) is 32.5. The van der Waals surface area contributed by atoms with E-state index in [4.69, 9.17) is 0 Å². The predicted molar refractivity (Wildman–Crippen MR) is 65.5 cm³/mol. The zero-order chi connectivity index (χ0) is 15.3. The van der Waals surface area contributed by atoms with Crippen LogP contribution in [0.1, 0.15) is 13.8 Å². The summed E-state index contributed by atoms with van der Waals surface area (Å²) in [6.45, 7) is 2.33. The van der Waals surface area contributed by atoms with Crippen molar-refractivity contribution in [3.8, 4) is 0 Å². The third-order valence-electron chi connectivity index (χ3n) is 1.56. The number of hydroxylamine groups is 2. The zero-order valence-corrected chi connectivity index (χ0v) is 12.8. The van der Waals surface area contributed by atoms with Crippen molar-refractivity contribution in [2.45, 2.75) is 13.8 Å². The Balaban J connectivity index is 5.28. The second kappa shape index (κ2) is 7.40. The van der Waals surface area contributed by atoms with Gasteiger partial charge in [-0.25, -0.2) is 9.19 Å². The Kier molecular flexibility index (Phi) is 7.24. The molecule has 0 aliphatic carbocycles. The molecule has 0 aromatic rings. The van der Waals surface area contributed by atoms with Crippen LogP contribution in [0.2, 0.25) is 0 Å². The molecule has 0 heterocycles. The highest BCUT2D eigenvalue weighted by molar-refractivity contribution is 7.85. The topological polar surface area (TPSA) is 119 Å². The minimum Gasteiger partial charge on any atom is -0.319 e. The number of carbonyl (C=O) groups excluding carboxylic acids is 2. The molecule has 0 fully saturated rings. The lowest BCUT2D eigenvalue weighted by Gasteiger charge is -2.19. The fourth-order valence-electron chi connectivity index (χ4n) is 0.976. The average Bonchev–Trinajstić information content (AvgIpc) is 2.26. The van der Waals surface area contributed by atoms with Crippen molar-refractivity contribution in [1.82, 2.24) is 5.06 Å². The summed E-state index contributed by atoms with van der Waals surface area (Å²) in [6.07, 6.45) is 0. The molecule has 0 radical (unpaired) electrons. The molecule has 0 saturated carbocycles. The fourth-order valence-corrected chi connectivity index (χ4v) is 3.67. The zero-order valence-electron chi connectivity index (χ0n) is 11.1. The van der Waals surface area contributed by atoms with E-state index in [-0.39, 0.29) is 13.2 Å². The molecule has 0 amide bonds. The molecule has 2 atom stereocenters. The Morgan fingerprint density at radius 1 is 1.05 bits per heavy atom. The lowest BCUT2D eigenvalue weighted by atomic mass is 10.9. The van der Waals surface area contributed by atoms with Crippen LogP contribution >= 0.6 is 15.2 Å². The van der Waals surface area contributed by atoms with Gasteiger partial charge in [-0.15, -0.1) is 0 Å². The van der Waals surface area contributed by atoms with Crippen molar-refractivity contribution in [2.24, 2.45) is 0 Å². The lowest BCUT2D eigenvalue weighted by molar-refractivity contribution is -0.131. The maximum atomic E-state index is 12.1. The van der Waals surface area contributed by atoms with Gasteiger partial charge in [0.05, 0.1) is 13.2 Å². The van der Waals surface area contributed by atoms with Gasteiger partial charge < -0.3 is 13.9 Å². The van der Waals surface area contributed by atoms with Crippen LogP contribution in [0.25, 0.3) is 0 Å². The molecular formula is C8H17NO8P2. The van der Waals surface area contributed by atoms with Crippen molar-refractivity contribution in [3.63, 3.8) is 0 Å². The highest BCUT2D eigenvalue weighted by Gasteiger charge is 2.49. The van der Waals surface area contributed by atoms with Gasteiger partial charge in [0, 0.05) is 14.1 Å². The number of nitrogens with zero attached hydrogens (tertiary/aromatic N) is 1. The first-order valence-corrected chi connectivity index (χ1v) is 8.41. The summed E-state index contributed by atoms with van der Waals surface area (Å²) in [5.74, 6) is 0. The van der Waals surface area contributed by atoms with E-state index in [0.717, 1.165) is 5.06 Å². The number of hydrogen-bond acceptors (Lipinski definition) is 8. The Labute approximate surface area is 110 Å². The van der Waals surface area contributed by atoms with Crippen molar-refractivity contribution in [1.29, 1.82) is 0 Å². The quantitative estimate of drug-likeness (QED) is 0.377. The molecule has 9 nitrogen and oxygen atoms in total. The molecule has 19 heavy (non-hydrogen) atoms. The lowest BCUT2D eigenvalue weighted by Crippen LogP contribution is -2.22. The Morgan fingerprint density at radius 2 is 1.53 bits per heavy atom. The van der Waals surface area contributed by atoms with Gasteiger partial charge in [-0.3, -0.25) is 14.2 Å². The molecule has 1 N–H and O–H groups in total. The van der Waals surface area contributed by atoms with E-state index in [1.165, 1.54) is 27.9 Å². The Bertz CT molecular complexity index is 434. The smallest absolute Gasteiger partial charge is 0.319 e. The molecule has 112 valence electrons. The van der Waals surface area contributed by atoms with Crippen molar-refractivity contribution < 1.29 is 37.3 Å². The second-order valence-electron chi connectivity index (χ2n) is 3.36. The van der Waals surface area contributed by atoms with Crippen LogP contribution in [-0.2, 0) is 32.4 Å². The summed E-state index contributed by atoms with van der Waals surface area (Å²) >= 11 is 0. The third-order valence-corrected chi connectivity index (χ3v) is 4.90. The second-order valence-corrected chi connectivity index (χ2v) is 6.89. The minimum absolute atomic E-state index is 0.186. The monoisotopic (exact) mass is 317 g/mol. The van der Waals surface area contributed by atoms with Gasteiger partial charge in [0.2, 0.25) is 0 Å². The summed E-state index contributed by atoms with van der Waals surface area (Å²) in [7, 11) is -6.74. The van der Waals surface area contributed by atoms with Crippen molar-refractivity contribution in [2.75, 3.05) is 27.3 Å². The van der Waals surface area contributed by atoms with Crippen molar-refractivity contribution >= 4 is 26.2 Å². The predicted octanol–water partition coefficient (Wildman–Crippen LogP) is 0.984. The van der Waals surface area contributed by atoms with Gasteiger partial charge in [-0.2, -0.15) is 5.06 Å². The molecule has 0 saturated heterocycles. The van der Waals surface area contributed by atoms with Gasteiger partial charge in [0.15, 0.2) is 0 Å². The molecule has 11 heteroatoms. The van der Waals surface area contributed by atoms with E-state index in [0.29, 0.717) is 0 Å². The first-order chi connectivity index (χ1) is 8.60. The van der Waals surface area contributed by atoms with Crippen LogP contribution < -0.4 is 0 Å². The summed E-state index contributed by atoms with van der Waals surface area (Å²) in [5.41, 5.74) is -3.55. The van der Waals surface area contributed by atoms with Gasteiger partial charge in [0.25, 0.3) is 0 Å². The number of carbonyl (C=O) groups is 2. The molecule has 0 aliphatic rings. The van der Waals surface area contributed by atoms with Crippen molar-refractivity contribution in [3.05, 3.63) is 0 Å². The average molecular weight is 317 g/mol. The highest BCUT2D eigenvalue weighted by Crippen LogP contribution is 2.55. The van der Waals surface area contributed by atoms with Crippen LogP contribution in [0.15, 0.2) is 0 Å². The van der Waals surface area contributed by atoms with E-state index >= 15 is 0 Å². The maximum absolute atomic E-state index is 12.1. The number of rotatable bonds is 9. The summed E-state index contributed by atoms with van der Waals surface area (Å²) < 4.78 is 37.0. The SMILES string of the molecule is CCOP(=O)(O)C(=O)C(=O)P(=O)(OCC)ON(C)C. The van der Waals surface area contributed by atoms with Gasteiger partial charge in [0.1, 0.15) is 0 Å². The van der Waals surface area contributed by atoms with Crippen LogP contribution in [0.4, 0.5) is 0 Å². The summed E-state index contributed by atoms with van der Waals surface area (Å²) in [5, 5.41) is 0.893. The van der Waals surface area contributed by atoms with Crippen LogP contribution in [0.5, 0.6) is 0 Å². The highest BCUT2D eigenvalue weighted by atomic mass is 31.2. The van der Waals surface area contributed by atoms with E-state index < -0.39 is 26.2 Å². The van der Waals surface area contributed by atoms with Crippen LogP contribution in [0, 0.1) is 0 Å². The normalized spacial score (nSPS) is 17.8. The fraction of sp³-hybridized carbons (Fsp3) is 0.750. The standard InChI is InChI=1S/C8H17NO8P2/c1-5-15-18(12,13)7(10)8(11)19(14,16-6-2)17-9(3)4/h5-6H2,1-4H3,(H,12,13). The maximum Gasteiger partial charge on any atom is 0.421 e. The van der Waals surface area contributed by atoms with E-state index in [1.807, 2.05) is 0 Å². The van der Waals surface area contributed by atoms with Gasteiger partial charge >= 0.3 is 26.2 Å². The molecule has 0 aromatic heterocycles. The molecule has 0 bridgehead atoms. The third kappa shape index (κ3) is 5.24. The molecule has 0 spiro atoms. The first-order valence-electron chi connectivity index (χ1n) is 5.29. The van der Waals surface area contributed by atoms with Gasteiger partial charge in [-0.05, 0) is 13.8 Å². The summed E-state index contributed by atoms with van der Waals surface area (Å²) in [6, 6.07) is 0. The Hall–Kier alpha value is -0.400. The van der Waals surface area contributed by atoms with E-state index in [1.54, 1.807) is 0 Å². The van der Waals surface area contributed by atoms with E-state index in [9.17, 15) is 23.6 Å². The first kappa shape index (κ1) is 18.6. The Morgan fingerprint density at radius 3 is 1.89 bits per heavy atom. The van der Waals surface area contributed by atoms with Gasteiger partial charge in [-0.1, -0.05) is 0 Å².